The molecule has 0 fully saturated rings. The number of methoxy groups -OCH3 is 1. The Bertz CT molecular complexity index is 744. The van der Waals surface area contributed by atoms with Crippen molar-refractivity contribution in [2.75, 3.05) is 25.6 Å². The number of hydrogen-bond acceptors (Lipinski definition) is 5. The van der Waals surface area contributed by atoms with Gasteiger partial charge >= 0.3 is 0 Å². The summed E-state index contributed by atoms with van der Waals surface area (Å²) in [5.74, 6) is 1.38. The summed E-state index contributed by atoms with van der Waals surface area (Å²) in [4.78, 5) is 8.80. The molecule has 1 N–H and O–H groups in total. The van der Waals surface area contributed by atoms with Crippen LogP contribution < -0.4 is 10.1 Å². The SMILES string of the molecule is COCCOc1ccc(Nc2ncc3ccccc3n2)cc1. The van der Waals surface area contributed by atoms with Gasteiger partial charge in [-0.25, -0.2) is 9.97 Å². The Labute approximate surface area is 128 Å². The Morgan fingerprint density at radius 2 is 1.82 bits per heavy atom. The highest BCUT2D eigenvalue weighted by Crippen LogP contribution is 2.19. The summed E-state index contributed by atoms with van der Waals surface area (Å²) < 4.78 is 10.5. The zero-order chi connectivity index (χ0) is 15.2. The first kappa shape index (κ1) is 14.3. The maximum Gasteiger partial charge on any atom is 0.227 e. The largest absolute Gasteiger partial charge is 0.491 e. The molecule has 0 amide bonds. The quantitative estimate of drug-likeness (QED) is 0.706. The van der Waals surface area contributed by atoms with E-state index in [-0.39, 0.29) is 0 Å². The number of benzene rings is 2. The van der Waals surface area contributed by atoms with Crippen molar-refractivity contribution in [1.82, 2.24) is 9.97 Å². The lowest BCUT2D eigenvalue weighted by atomic mass is 10.2. The van der Waals surface area contributed by atoms with Crippen LogP contribution in [0, 0.1) is 0 Å². The molecule has 0 unspecified atom stereocenters. The van der Waals surface area contributed by atoms with E-state index in [1.165, 1.54) is 0 Å². The zero-order valence-electron chi connectivity index (χ0n) is 12.3. The lowest BCUT2D eigenvalue weighted by Crippen LogP contribution is -2.04. The van der Waals surface area contributed by atoms with Crippen LogP contribution in [0.4, 0.5) is 11.6 Å². The number of nitrogens with zero attached hydrogens (tertiary/aromatic N) is 2. The summed E-state index contributed by atoms with van der Waals surface area (Å²) in [6.07, 6.45) is 1.81. The summed E-state index contributed by atoms with van der Waals surface area (Å²) in [6, 6.07) is 15.6. The standard InChI is InChI=1S/C17H17N3O2/c1-21-10-11-22-15-8-6-14(7-9-15)19-17-18-12-13-4-2-3-5-16(13)20-17/h2-9,12H,10-11H2,1H3,(H,18,19,20). The van der Waals surface area contributed by atoms with Crippen molar-refractivity contribution in [2.24, 2.45) is 0 Å². The van der Waals surface area contributed by atoms with Gasteiger partial charge in [-0.3, -0.25) is 0 Å². The van der Waals surface area contributed by atoms with Crippen LogP contribution in [0.25, 0.3) is 10.9 Å². The number of fused-ring (bicyclic) bond motifs is 1. The molecule has 2 aromatic carbocycles. The van der Waals surface area contributed by atoms with Crippen LogP contribution in [-0.4, -0.2) is 30.3 Å². The fraction of sp³-hybridized carbons (Fsp3) is 0.176. The summed E-state index contributed by atoms with van der Waals surface area (Å²) in [5.41, 5.74) is 1.83. The Morgan fingerprint density at radius 1 is 1.00 bits per heavy atom. The van der Waals surface area contributed by atoms with Crippen molar-refractivity contribution in [3.05, 3.63) is 54.7 Å². The molecule has 0 spiro atoms. The van der Waals surface area contributed by atoms with Gasteiger partial charge in [-0.05, 0) is 30.3 Å². The van der Waals surface area contributed by atoms with E-state index >= 15 is 0 Å². The maximum atomic E-state index is 5.53. The Kier molecular flexibility index (Phi) is 4.46. The minimum atomic E-state index is 0.539. The van der Waals surface area contributed by atoms with Crippen molar-refractivity contribution >= 4 is 22.5 Å². The summed E-state index contributed by atoms with van der Waals surface area (Å²) >= 11 is 0. The fourth-order valence-corrected chi connectivity index (χ4v) is 2.04. The van der Waals surface area contributed by atoms with Crippen LogP contribution in [-0.2, 0) is 4.74 Å². The van der Waals surface area contributed by atoms with Crippen molar-refractivity contribution in [3.63, 3.8) is 0 Å². The molecule has 0 radical (unpaired) electrons. The van der Waals surface area contributed by atoms with Gasteiger partial charge < -0.3 is 14.8 Å². The Balaban J connectivity index is 1.68. The predicted molar refractivity (Wildman–Crippen MR) is 86.6 cm³/mol. The molecule has 5 heteroatoms. The molecule has 0 aliphatic heterocycles. The summed E-state index contributed by atoms with van der Waals surface area (Å²) in [5, 5.41) is 4.21. The van der Waals surface area contributed by atoms with E-state index in [2.05, 4.69) is 15.3 Å². The topological polar surface area (TPSA) is 56.3 Å². The molecular formula is C17H17N3O2. The third kappa shape index (κ3) is 3.51. The lowest BCUT2D eigenvalue weighted by molar-refractivity contribution is 0.146. The maximum absolute atomic E-state index is 5.53. The van der Waals surface area contributed by atoms with Gasteiger partial charge in [0.05, 0.1) is 12.1 Å². The number of hydrogen-bond donors (Lipinski definition) is 1. The van der Waals surface area contributed by atoms with E-state index in [1.54, 1.807) is 7.11 Å². The highest BCUT2D eigenvalue weighted by atomic mass is 16.5. The molecule has 0 bridgehead atoms. The molecule has 0 atom stereocenters. The second-order valence-electron chi connectivity index (χ2n) is 4.74. The molecule has 0 aliphatic rings. The number of ether oxygens (including phenoxy) is 2. The van der Waals surface area contributed by atoms with Crippen LogP contribution >= 0.6 is 0 Å². The van der Waals surface area contributed by atoms with Gasteiger partial charge in [-0.15, -0.1) is 0 Å². The zero-order valence-corrected chi connectivity index (χ0v) is 12.3. The van der Waals surface area contributed by atoms with Gasteiger partial charge in [-0.2, -0.15) is 0 Å². The first-order valence-electron chi connectivity index (χ1n) is 7.06. The molecule has 112 valence electrons. The fourth-order valence-electron chi connectivity index (χ4n) is 2.04. The number of anilines is 2. The summed E-state index contributed by atoms with van der Waals surface area (Å²) in [6.45, 7) is 1.11. The predicted octanol–water partition coefficient (Wildman–Crippen LogP) is 3.40. The smallest absolute Gasteiger partial charge is 0.227 e. The third-order valence-electron chi connectivity index (χ3n) is 3.16. The molecule has 1 aromatic heterocycles. The molecule has 0 saturated carbocycles. The lowest BCUT2D eigenvalue weighted by Gasteiger charge is -2.08. The minimum Gasteiger partial charge on any atom is -0.491 e. The summed E-state index contributed by atoms with van der Waals surface area (Å²) in [7, 11) is 1.65. The van der Waals surface area contributed by atoms with Gasteiger partial charge in [0.1, 0.15) is 12.4 Å². The first-order valence-corrected chi connectivity index (χ1v) is 7.06. The van der Waals surface area contributed by atoms with Crippen LogP contribution in [0.3, 0.4) is 0 Å². The van der Waals surface area contributed by atoms with Crippen LogP contribution in [0.2, 0.25) is 0 Å². The second-order valence-corrected chi connectivity index (χ2v) is 4.74. The molecule has 3 rings (SSSR count). The van der Waals surface area contributed by atoms with Gasteiger partial charge in [0, 0.05) is 24.4 Å². The van der Waals surface area contributed by atoms with Crippen molar-refractivity contribution in [3.8, 4) is 5.75 Å². The van der Waals surface area contributed by atoms with E-state index in [4.69, 9.17) is 9.47 Å². The Morgan fingerprint density at radius 3 is 2.64 bits per heavy atom. The van der Waals surface area contributed by atoms with E-state index in [0.29, 0.717) is 19.2 Å². The van der Waals surface area contributed by atoms with E-state index in [9.17, 15) is 0 Å². The first-order chi connectivity index (χ1) is 10.8. The minimum absolute atomic E-state index is 0.539. The van der Waals surface area contributed by atoms with E-state index < -0.39 is 0 Å². The molecule has 22 heavy (non-hydrogen) atoms. The van der Waals surface area contributed by atoms with Crippen LogP contribution in [0.1, 0.15) is 0 Å². The molecule has 3 aromatic rings. The second kappa shape index (κ2) is 6.87. The van der Waals surface area contributed by atoms with Crippen molar-refractivity contribution in [1.29, 1.82) is 0 Å². The highest BCUT2D eigenvalue weighted by molar-refractivity contribution is 5.78. The van der Waals surface area contributed by atoms with E-state index in [1.807, 2.05) is 54.7 Å². The Hall–Kier alpha value is -2.66. The average Bonchev–Trinajstić information content (AvgIpc) is 2.57. The highest BCUT2D eigenvalue weighted by Gasteiger charge is 2.01. The molecule has 5 nitrogen and oxygen atoms in total. The van der Waals surface area contributed by atoms with E-state index in [0.717, 1.165) is 22.3 Å². The number of para-hydroxylation sites is 1. The van der Waals surface area contributed by atoms with Crippen LogP contribution in [0.5, 0.6) is 5.75 Å². The molecular weight excluding hydrogens is 278 g/mol. The van der Waals surface area contributed by atoms with Gasteiger partial charge in [-0.1, -0.05) is 18.2 Å². The number of nitrogens with one attached hydrogen (secondary N) is 1. The molecule has 0 saturated heterocycles. The van der Waals surface area contributed by atoms with Crippen molar-refractivity contribution < 1.29 is 9.47 Å². The van der Waals surface area contributed by atoms with Crippen molar-refractivity contribution in [2.45, 2.75) is 0 Å². The molecule has 0 aliphatic carbocycles. The van der Waals surface area contributed by atoms with Crippen LogP contribution in [0.15, 0.2) is 54.7 Å². The number of rotatable bonds is 6. The third-order valence-corrected chi connectivity index (χ3v) is 3.16. The normalized spacial score (nSPS) is 10.6. The van der Waals surface area contributed by atoms with Gasteiger partial charge in [0.15, 0.2) is 0 Å². The van der Waals surface area contributed by atoms with Gasteiger partial charge in [0.25, 0.3) is 0 Å². The molecule has 1 heterocycles. The number of aromatic nitrogens is 2. The van der Waals surface area contributed by atoms with Gasteiger partial charge in [0.2, 0.25) is 5.95 Å². The average molecular weight is 295 g/mol. The monoisotopic (exact) mass is 295 g/mol.